The first-order valence-corrected chi connectivity index (χ1v) is 7.27. The SMILES string of the molecule is O=C(O)c1coc(CN(Cc2ccco2)Cc2ccccc2F)n1. The number of carboxylic acids is 1. The third-order valence-corrected chi connectivity index (χ3v) is 3.44. The van der Waals surface area contributed by atoms with Crippen molar-refractivity contribution in [2.45, 2.75) is 19.6 Å². The van der Waals surface area contributed by atoms with Crippen LogP contribution in [0.5, 0.6) is 0 Å². The maximum atomic E-state index is 13.9. The molecule has 3 rings (SSSR count). The molecule has 0 bridgehead atoms. The van der Waals surface area contributed by atoms with Crippen molar-refractivity contribution >= 4 is 5.97 Å². The minimum Gasteiger partial charge on any atom is -0.476 e. The molecule has 7 heteroatoms. The quantitative estimate of drug-likeness (QED) is 0.716. The van der Waals surface area contributed by atoms with E-state index in [0.29, 0.717) is 24.4 Å². The van der Waals surface area contributed by atoms with Gasteiger partial charge in [-0.15, -0.1) is 0 Å². The fourth-order valence-electron chi connectivity index (χ4n) is 2.33. The van der Waals surface area contributed by atoms with Crippen molar-refractivity contribution in [2.75, 3.05) is 0 Å². The molecule has 2 aromatic heterocycles. The van der Waals surface area contributed by atoms with Crippen molar-refractivity contribution in [3.05, 3.63) is 77.7 Å². The normalized spacial score (nSPS) is 11.1. The fraction of sp³-hybridized carbons (Fsp3) is 0.176. The molecule has 0 spiro atoms. The lowest BCUT2D eigenvalue weighted by molar-refractivity contribution is 0.0690. The Bertz CT molecular complexity index is 814. The molecule has 0 atom stereocenters. The largest absolute Gasteiger partial charge is 0.476 e. The van der Waals surface area contributed by atoms with E-state index in [9.17, 15) is 9.18 Å². The van der Waals surface area contributed by atoms with E-state index >= 15 is 0 Å². The highest BCUT2D eigenvalue weighted by molar-refractivity contribution is 5.84. The van der Waals surface area contributed by atoms with Gasteiger partial charge in [-0.25, -0.2) is 14.2 Å². The lowest BCUT2D eigenvalue weighted by atomic mass is 10.2. The minimum absolute atomic E-state index is 0.158. The first-order chi connectivity index (χ1) is 11.6. The van der Waals surface area contributed by atoms with Gasteiger partial charge >= 0.3 is 5.97 Å². The Morgan fingerprint density at radius 3 is 2.62 bits per heavy atom. The molecule has 24 heavy (non-hydrogen) atoms. The summed E-state index contributed by atoms with van der Waals surface area (Å²) in [7, 11) is 0. The van der Waals surface area contributed by atoms with Gasteiger partial charge in [-0.2, -0.15) is 0 Å². The molecule has 3 aromatic rings. The van der Waals surface area contributed by atoms with Crippen LogP contribution in [0.4, 0.5) is 4.39 Å². The van der Waals surface area contributed by atoms with Crippen LogP contribution in [0.15, 0.2) is 57.8 Å². The van der Waals surface area contributed by atoms with Crippen molar-refractivity contribution in [3.8, 4) is 0 Å². The number of furan rings is 1. The predicted molar refractivity (Wildman–Crippen MR) is 81.5 cm³/mol. The van der Waals surface area contributed by atoms with E-state index in [1.807, 2.05) is 11.0 Å². The highest BCUT2D eigenvalue weighted by Crippen LogP contribution is 2.16. The molecule has 1 aromatic carbocycles. The Morgan fingerprint density at radius 2 is 1.96 bits per heavy atom. The minimum atomic E-state index is -1.16. The Morgan fingerprint density at radius 1 is 1.12 bits per heavy atom. The summed E-state index contributed by atoms with van der Waals surface area (Å²) in [6.07, 6.45) is 2.65. The molecule has 0 aliphatic carbocycles. The van der Waals surface area contributed by atoms with Gasteiger partial charge in [-0.05, 0) is 18.2 Å². The second-order valence-electron chi connectivity index (χ2n) is 5.25. The molecule has 0 amide bonds. The summed E-state index contributed by atoms with van der Waals surface area (Å²) in [6, 6.07) is 10.1. The van der Waals surface area contributed by atoms with E-state index in [2.05, 4.69) is 4.98 Å². The maximum Gasteiger partial charge on any atom is 0.357 e. The van der Waals surface area contributed by atoms with Crippen LogP contribution in [-0.2, 0) is 19.6 Å². The zero-order valence-corrected chi connectivity index (χ0v) is 12.7. The zero-order valence-electron chi connectivity index (χ0n) is 12.7. The number of aromatic carboxylic acids is 1. The number of aromatic nitrogens is 1. The molecule has 6 nitrogen and oxygen atoms in total. The monoisotopic (exact) mass is 330 g/mol. The molecular weight excluding hydrogens is 315 g/mol. The van der Waals surface area contributed by atoms with Crippen molar-refractivity contribution in [1.29, 1.82) is 0 Å². The molecule has 0 saturated carbocycles. The van der Waals surface area contributed by atoms with Gasteiger partial charge in [0.1, 0.15) is 17.8 Å². The molecular formula is C17H15FN2O4. The first-order valence-electron chi connectivity index (χ1n) is 7.27. The molecule has 0 fully saturated rings. The lowest BCUT2D eigenvalue weighted by Gasteiger charge is -2.20. The number of hydrogen-bond acceptors (Lipinski definition) is 5. The average Bonchev–Trinajstić information content (AvgIpc) is 3.21. The smallest absolute Gasteiger partial charge is 0.357 e. The summed E-state index contributed by atoms with van der Waals surface area (Å²) >= 11 is 0. The molecule has 124 valence electrons. The molecule has 2 heterocycles. The molecule has 0 aliphatic rings. The Hall–Kier alpha value is -2.93. The fourth-order valence-corrected chi connectivity index (χ4v) is 2.33. The van der Waals surface area contributed by atoms with Gasteiger partial charge in [0.2, 0.25) is 5.89 Å². The first kappa shape index (κ1) is 15.9. The number of halogens is 1. The number of oxazole rings is 1. The van der Waals surface area contributed by atoms with Crippen molar-refractivity contribution in [2.24, 2.45) is 0 Å². The summed E-state index contributed by atoms with van der Waals surface area (Å²) in [5.74, 6) is -0.510. The van der Waals surface area contributed by atoms with E-state index in [-0.39, 0.29) is 23.9 Å². The highest BCUT2D eigenvalue weighted by atomic mass is 19.1. The number of rotatable bonds is 7. The lowest BCUT2D eigenvalue weighted by Crippen LogP contribution is -2.23. The van der Waals surface area contributed by atoms with E-state index in [1.165, 1.54) is 6.07 Å². The van der Waals surface area contributed by atoms with Crippen molar-refractivity contribution in [1.82, 2.24) is 9.88 Å². The Balaban J connectivity index is 1.78. The van der Waals surface area contributed by atoms with Crippen LogP contribution < -0.4 is 0 Å². The van der Waals surface area contributed by atoms with Crippen LogP contribution in [0.25, 0.3) is 0 Å². The molecule has 1 N–H and O–H groups in total. The van der Waals surface area contributed by atoms with E-state index in [4.69, 9.17) is 13.9 Å². The second-order valence-corrected chi connectivity index (χ2v) is 5.25. The van der Waals surface area contributed by atoms with Gasteiger partial charge in [0.25, 0.3) is 0 Å². The third-order valence-electron chi connectivity index (χ3n) is 3.44. The van der Waals surface area contributed by atoms with E-state index in [1.54, 1.807) is 30.5 Å². The number of nitrogens with zero attached hydrogens (tertiary/aromatic N) is 2. The number of hydrogen-bond donors (Lipinski definition) is 1. The van der Waals surface area contributed by atoms with Crippen LogP contribution in [-0.4, -0.2) is 21.0 Å². The van der Waals surface area contributed by atoms with E-state index in [0.717, 1.165) is 6.26 Å². The number of benzene rings is 1. The third kappa shape index (κ3) is 3.88. The maximum absolute atomic E-state index is 13.9. The number of carboxylic acid groups (broad SMARTS) is 1. The molecule has 0 saturated heterocycles. The van der Waals surface area contributed by atoms with Crippen molar-refractivity contribution in [3.63, 3.8) is 0 Å². The molecule has 0 radical (unpaired) electrons. The van der Waals surface area contributed by atoms with Gasteiger partial charge < -0.3 is 13.9 Å². The van der Waals surface area contributed by atoms with Crippen LogP contribution in [0.2, 0.25) is 0 Å². The molecule has 0 unspecified atom stereocenters. The van der Waals surface area contributed by atoms with E-state index < -0.39 is 5.97 Å². The standard InChI is InChI=1S/C17H15FN2O4/c18-14-6-2-1-4-12(14)8-20(9-13-5-3-7-23-13)10-16-19-15(11-24-16)17(21)22/h1-7,11H,8-10H2,(H,21,22). The van der Waals surface area contributed by atoms with Crippen LogP contribution in [0.1, 0.15) is 27.7 Å². The van der Waals surface area contributed by atoms with Crippen LogP contribution in [0.3, 0.4) is 0 Å². The summed E-state index contributed by atoms with van der Waals surface area (Å²) in [4.78, 5) is 16.7. The van der Waals surface area contributed by atoms with Gasteiger partial charge in [0.05, 0.1) is 19.4 Å². The summed E-state index contributed by atoms with van der Waals surface area (Å²) in [6.45, 7) is 0.937. The van der Waals surface area contributed by atoms with Crippen LogP contribution >= 0.6 is 0 Å². The van der Waals surface area contributed by atoms with Gasteiger partial charge in [-0.3, -0.25) is 4.90 Å². The van der Waals surface area contributed by atoms with Gasteiger partial charge in [-0.1, -0.05) is 18.2 Å². The second kappa shape index (κ2) is 7.10. The average molecular weight is 330 g/mol. The summed E-state index contributed by atoms with van der Waals surface area (Å²) < 4.78 is 24.4. The summed E-state index contributed by atoms with van der Waals surface area (Å²) in [5, 5.41) is 8.91. The van der Waals surface area contributed by atoms with Gasteiger partial charge in [0, 0.05) is 12.1 Å². The zero-order chi connectivity index (χ0) is 16.9. The number of carbonyl (C=O) groups is 1. The predicted octanol–water partition coefficient (Wildman–Crippen LogP) is 3.31. The van der Waals surface area contributed by atoms with Crippen LogP contribution in [0, 0.1) is 5.82 Å². The molecule has 0 aliphatic heterocycles. The summed E-state index contributed by atoms with van der Waals surface area (Å²) in [5.41, 5.74) is 0.364. The Kier molecular flexibility index (Phi) is 4.72. The van der Waals surface area contributed by atoms with Crippen molar-refractivity contribution < 1.29 is 23.1 Å². The highest BCUT2D eigenvalue weighted by Gasteiger charge is 2.16. The Labute approximate surface area is 137 Å². The topological polar surface area (TPSA) is 79.7 Å². The van der Waals surface area contributed by atoms with Gasteiger partial charge in [0.15, 0.2) is 5.69 Å².